The van der Waals surface area contributed by atoms with Gasteiger partial charge in [-0.2, -0.15) is 5.10 Å². The normalized spacial score (nSPS) is 13.4. The van der Waals surface area contributed by atoms with Gasteiger partial charge in [-0.3, -0.25) is 9.59 Å². The van der Waals surface area contributed by atoms with E-state index < -0.39 is 0 Å². The third kappa shape index (κ3) is 3.46. The van der Waals surface area contributed by atoms with Crippen LogP contribution in [0.25, 0.3) is 5.69 Å². The zero-order valence-corrected chi connectivity index (χ0v) is 14.1. The summed E-state index contributed by atoms with van der Waals surface area (Å²) < 4.78 is 1.64. The molecule has 0 saturated heterocycles. The molecule has 0 radical (unpaired) electrons. The van der Waals surface area contributed by atoms with Crippen LogP contribution in [0.5, 0.6) is 0 Å². The number of aromatic nitrogens is 2. The van der Waals surface area contributed by atoms with Crippen LogP contribution in [0.15, 0.2) is 54.0 Å². The first-order valence-electron chi connectivity index (χ1n) is 8.01. The molecule has 0 bridgehead atoms. The third-order valence-electron chi connectivity index (χ3n) is 3.89. The lowest BCUT2D eigenvalue weighted by Gasteiger charge is -2.06. The van der Waals surface area contributed by atoms with Gasteiger partial charge in [0, 0.05) is 12.2 Å². The van der Waals surface area contributed by atoms with Crippen molar-refractivity contribution in [1.82, 2.24) is 15.1 Å². The first-order valence-corrected chi connectivity index (χ1v) is 8.89. The average Bonchev–Trinajstić information content (AvgIpc) is 3.13. The fourth-order valence-corrected chi connectivity index (χ4v) is 3.19. The Bertz CT molecular complexity index is 912. The summed E-state index contributed by atoms with van der Waals surface area (Å²) in [5, 5.41) is 12.4. The summed E-state index contributed by atoms with van der Waals surface area (Å²) in [6.07, 6.45) is 3.78. The molecule has 2 aromatic heterocycles. The van der Waals surface area contributed by atoms with Crippen molar-refractivity contribution in [3.05, 3.63) is 65.3 Å². The summed E-state index contributed by atoms with van der Waals surface area (Å²) in [6.45, 7) is 0. The van der Waals surface area contributed by atoms with Gasteiger partial charge < -0.3 is 10.6 Å². The minimum atomic E-state index is -0.336. The number of nitrogens with zero attached hydrogens (tertiary/aromatic N) is 2. The summed E-state index contributed by atoms with van der Waals surface area (Å²) in [5.41, 5.74) is 1.67. The topological polar surface area (TPSA) is 76.0 Å². The van der Waals surface area contributed by atoms with Gasteiger partial charge in [-0.25, -0.2) is 4.68 Å². The van der Waals surface area contributed by atoms with Crippen LogP contribution in [0, 0.1) is 0 Å². The van der Waals surface area contributed by atoms with Crippen molar-refractivity contribution >= 4 is 28.2 Å². The van der Waals surface area contributed by atoms with E-state index in [2.05, 4.69) is 15.7 Å². The Kier molecular flexibility index (Phi) is 4.07. The predicted molar refractivity (Wildman–Crippen MR) is 96.3 cm³/mol. The molecule has 2 amide bonds. The Hall–Kier alpha value is -2.93. The van der Waals surface area contributed by atoms with E-state index in [1.54, 1.807) is 28.4 Å². The molecule has 1 aliphatic rings. The number of amides is 2. The molecule has 3 aromatic rings. The van der Waals surface area contributed by atoms with Gasteiger partial charge in [-0.15, -0.1) is 11.3 Å². The third-order valence-corrected chi connectivity index (χ3v) is 4.72. The Labute approximate surface area is 148 Å². The minimum Gasteiger partial charge on any atom is -0.349 e. The van der Waals surface area contributed by atoms with E-state index in [-0.39, 0.29) is 17.9 Å². The van der Waals surface area contributed by atoms with Gasteiger partial charge in [0.15, 0.2) is 5.69 Å². The smallest absolute Gasteiger partial charge is 0.276 e. The van der Waals surface area contributed by atoms with E-state index in [0.717, 1.165) is 18.5 Å². The Morgan fingerprint density at radius 3 is 2.64 bits per heavy atom. The first kappa shape index (κ1) is 15.6. The lowest BCUT2D eigenvalue weighted by atomic mass is 10.3. The lowest BCUT2D eigenvalue weighted by Crippen LogP contribution is -2.26. The van der Waals surface area contributed by atoms with Crippen molar-refractivity contribution in [2.75, 3.05) is 5.32 Å². The summed E-state index contributed by atoms with van der Waals surface area (Å²) in [5.74, 6) is -0.480. The second-order valence-corrected chi connectivity index (χ2v) is 6.76. The van der Waals surface area contributed by atoms with Gasteiger partial charge in [-0.1, -0.05) is 18.2 Å². The van der Waals surface area contributed by atoms with Crippen molar-refractivity contribution in [2.45, 2.75) is 18.9 Å². The molecule has 1 aliphatic carbocycles. The van der Waals surface area contributed by atoms with E-state index >= 15 is 0 Å². The average molecular weight is 352 g/mol. The Morgan fingerprint density at radius 2 is 1.88 bits per heavy atom. The maximum Gasteiger partial charge on any atom is 0.276 e. The van der Waals surface area contributed by atoms with Crippen molar-refractivity contribution in [3.63, 3.8) is 0 Å². The summed E-state index contributed by atoms with van der Waals surface area (Å²) in [7, 11) is 0. The molecule has 0 spiro atoms. The SMILES string of the molecule is O=C(Nc1sccc1C(=O)NC1CC1)c1ccn(-c2ccccc2)n1. The van der Waals surface area contributed by atoms with Gasteiger partial charge in [0.25, 0.3) is 11.8 Å². The number of para-hydroxylation sites is 1. The molecule has 2 N–H and O–H groups in total. The molecule has 25 heavy (non-hydrogen) atoms. The van der Waals surface area contributed by atoms with Crippen LogP contribution >= 0.6 is 11.3 Å². The number of carbonyl (C=O) groups excluding carboxylic acids is 2. The molecule has 1 saturated carbocycles. The van der Waals surface area contributed by atoms with E-state index in [0.29, 0.717) is 16.3 Å². The first-order chi connectivity index (χ1) is 12.2. The molecule has 6 nitrogen and oxygen atoms in total. The van der Waals surface area contributed by atoms with Crippen LogP contribution < -0.4 is 10.6 Å². The van der Waals surface area contributed by atoms with Gasteiger partial charge in [0.2, 0.25) is 0 Å². The standard InChI is InChI=1S/C18H16N4O2S/c23-16(19-12-6-7-12)14-9-11-25-18(14)20-17(24)15-8-10-22(21-15)13-4-2-1-3-5-13/h1-5,8-12H,6-7H2,(H,19,23)(H,20,24). The number of anilines is 1. The van der Waals surface area contributed by atoms with Gasteiger partial charge in [0.1, 0.15) is 5.00 Å². The molecule has 2 heterocycles. The summed E-state index contributed by atoms with van der Waals surface area (Å²) >= 11 is 1.32. The van der Waals surface area contributed by atoms with E-state index in [1.807, 2.05) is 30.3 Å². The van der Waals surface area contributed by atoms with E-state index in [1.165, 1.54) is 11.3 Å². The second-order valence-electron chi connectivity index (χ2n) is 5.85. The highest BCUT2D eigenvalue weighted by Crippen LogP contribution is 2.26. The molecular formula is C18H16N4O2S. The largest absolute Gasteiger partial charge is 0.349 e. The molecule has 4 rings (SSSR count). The number of hydrogen-bond acceptors (Lipinski definition) is 4. The molecule has 1 aromatic carbocycles. The number of hydrogen-bond donors (Lipinski definition) is 2. The monoisotopic (exact) mass is 352 g/mol. The van der Waals surface area contributed by atoms with Gasteiger partial charge in [-0.05, 0) is 42.5 Å². The highest BCUT2D eigenvalue weighted by atomic mass is 32.1. The molecule has 1 fully saturated rings. The number of benzene rings is 1. The van der Waals surface area contributed by atoms with Crippen LogP contribution in [-0.4, -0.2) is 27.6 Å². The summed E-state index contributed by atoms with van der Waals surface area (Å²) in [6, 6.07) is 13.2. The molecular weight excluding hydrogens is 336 g/mol. The molecule has 0 atom stereocenters. The number of rotatable bonds is 5. The minimum absolute atomic E-state index is 0.145. The molecule has 126 valence electrons. The number of carbonyl (C=O) groups is 2. The zero-order chi connectivity index (χ0) is 17.2. The predicted octanol–water partition coefficient (Wildman–Crippen LogP) is 3.08. The van der Waals surface area contributed by atoms with E-state index in [9.17, 15) is 9.59 Å². The van der Waals surface area contributed by atoms with Crippen molar-refractivity contribution in [1.29, 1.82) is 0 Å². The highest BCUT2D eigenvalue weighted by molar-refractivity contribution is 7.14. The second kappa shape index (κ2) is 6.52. The summed E-state index contributed by atoms with van der Waals surface area (Å²) in [4.78, 5) is 24.7. The van der Waals surface area contributed by atoms with Gasteiger partial charge in [0.05, 0.1) is 11.3 Å². The van der Waals surface area contributed by atoms with E-state index in [4.69, 9.17) is 0 Å². The Balaban J connectivity index is 1.48. The Morgan fingerprint density at radius 1 is 1.08 bits per heavy atom. The fourth-order valence-electron chi connectivity index (χ4n) is 2.41. The zero-order valence-electron chi connectivity index (χ0n) is 13.3. The molecule has 7 heteroatoms. The van der Waals surface area contributed by atoms with Crippen molar-refractivity contribution < 1.29 is 9.59 Å². The van der Waals surface area contributed by atoms with Crippen LogP contribution in [0.1, 0.15) is 33.7 Å². The molecule has 0 aliphatic heterocycles. The van der Waals surface area contributed by atoms with Crippen LogP contribution in [0.4, 0.5) is 5.00 Å². The van der Waals surface area contributed by atoms with Crippen LogP contribution in [0.2, 0.25) is 0 Å². The quantitative estimate of drug-likeness (QED) is 0.741. The van der Waals surface area contributed by atoms with Crippen LogP contribution in [0.3, 0.4) is 0 Å². The van der Waals surface area contributed by atoms with Crippen LogP contribution in [-0.2, 0) is 0 Å². The molecule has 0 unspecified atom stereocenters. The number of nitrogens with one attached hydrogen (secondary N) is 2. The maximum atomic E-state index is 12.5. The highest BCUT2D eigenvalue weighted by Gasteiger charge is 2.25. The fraction of sp³-hybridized carbons (Fsp3) is 0.167. The maximum absolute atomic E-state index is 12.5. The van der Waals surface area contributed by atoms with Crippen molar-refractivity contribution in [3.8, 4) is 5.69 Å². The number of thiophene rings is 1. The van der Waals surface area contributed by atoms with Gasteiger partial charge >= 0.3 is 0 Å². The lowest BCUT2D eigenvalue weighted by molar-refractivity contribution is 0.0952. The van der Waals surface area contributed by atoms with Crippen molar-refractivity contribution in [2.24, 2.45) is 0 Å².